The molecule has 24 heavy (non-hydrogen) atoms. The maximum absolute atomic E-state index is 12.5. The molecule has 1 amide bonds. The summed E-state index contributed by atoms with van der Waals surface area (Å²) in [7, 11) is 1.82. The second kappa shape index (κ2) is 7.39. The number of amides is 1. The first-order chi connectivity index (χ1) is 11.7. The molecule has 0 fully saturated rings. The zero-order chi connectivity index (χ0) is 16.9. The molecule has 0 saturated heterocycles. The van der Waals surface area contributed by atoms with Gasteiger partial charge in [-0.3, -0.25) is 4.79 Å². The van der Waals surface area contributed by atoms with Gasteiger partial charge in [-0.2, -0.15) is 0 Å². The number of carbonyl (C=O) groups excluding carboxylic acids is 1. The molecule has 3 rings (SSSR count). The summed E-state index contributed by atoms with van der Waals surface area (Å²) in [5, 5.41) is 3.44. The number of unbranched alkanes of at least 4 members (excludes halogenated alkanes) is 2. The number of fused-ring (bicyclic) bond motifs is 1. The van der Waals surface area contributed by atoms with Crippen molar-refractivity contribution in [2.75, 3.05) is 19.0 Å². The zero-order valence-corrected chi connectivity index (χ0v) is 14.3. The van der Waals surface area contributed by atoms with Crippen molar-refractivity contribution in [2.24, 2.45) is 0 Å². The predicted octanol–water partition coefficient (Wildman–Crippen LogP) is 4.45. The third-order valence-corrected chi connectivity index (χ3v) is 4.37. The van der Waals surface area contributed by atoms with E-state index in [4.69, 9.17) is 4.74 Å². The van der Waals surface area contributed by atoms with Crippen LogP contribution in [0.3, 0.4) is 0 Å². The minimum Gasteiger partial charge on any atom is -0.494 e. The van der Waals surface area contributed by atoms with E-state index < -0.39 is 0 Å². The van der Waals surface area contributed by atoms with E-state index in [-0.39, 0.29) is 12.1 Å². The molecule has 2 aromatic carbocycles. The van der Waals surface area contributed by atoms with E-state index in [1.54, 1.807) is 4.90 Å². The van der Waals surface area contributed by atoms with E-state index in [9.17, 15) is 4.79 Å². The molecule has 1 aliphatic heterocycles. The van der Waals surface area contributed by atoms with E-state index in [2.05, 4.69) is 12.2 Å². The molecule has 0 aromatic heterocycles. The van der Waals surface area contributed by atoms with E-state index >= 15 is 0 Å². The van der Waals surface area contributed by atoms with Crippen LogP contribution >= 0.6 is 0 Å². The Hall–Kier alpha value is -2.49. The smallest absolute Gasteiger partial charge is 0.257 e. The maximum Gasteiger partial charge on any atom is 0.257 e. The monoisotopic (exact) mass is 324 g/mol. The minimum absolute atomic E-state index is 0.0363. The van der Waals surface area contributed by atoms with Crippen LogP contribution in [0.25, 0.3) is 0 Å². The predicted molar refractivity (Wildman–Crippen MR) is 96.4 cm³/mol. The van der Waals surface area contributed by atoms with Crippen molar-refractivity contribution in [3.05, 3.63) is 59.7 Å². The average Bonchev–Trinajstić information content (AvgIpc) is 2.62. The SMILES string of the molecule is CCCCCOc1ccc(C2Nc3ccccc3C(=O)N2C)cc1. The number of nitrogens with zero attached hydrogens (tertiary/aromatic N) is 1. The van der Waals surface area contributed by atoms with Crippen molar-refractivity contribution < 1.29 is 9.53 Å². The topological polar surface area (TPSA) is 41.6 Å². The lowest BCUT2D eigenvalue weighted by Gasteiger charge is -2.35. The van der Waals surface area contributed by atoms with Gasteiger partial charge in [-0.05, 0) is 36.2 Å². The lowest BCUT2D eigenvalue weighted by Crippen LogP contribution is -2.40. The highest BCUT2D eigenvalue weighted by atomic mass is 16.5. The van der Waals surface area contributed by atoms with Gasteiger partial charge in [-0.25, -0.2) is 0 Å². The summed E-state index contributed by atoms with van der Waals surface area (Å²) < 4.78 is 5.75. The Morgan fingerprint density at radius 2 is 1.83 bits per heavy atom. The molecule has 1 heterocycles. The maximum atomic E-state index is 12.5. The molecule has 0 bridgehead atoms. The summed E-state index contributed by atoms with van der Waals surface area (Å²) in [6, 6.07) is 15.6. The summed E-state index contributed by atoms with van der Waals surface area (Å²) in [4.78, 5) is 14.3. The zero-order valence-electron chi connectivity index (χ0n) is 14.3. The van der Waals surface area contributed by atoms with Crippen LogP contribution in [0.5, 0.6) is 5.75 Å². The van der Waals surface area contributed by atoms with E-state index in [1.807, 2.05) is 55.6 Å². The number of carbonyl (C=O) groups is 1. The molecule has 1 aliphatic rings. The molecule has 1 N–H and O–H groups in total. The van der Waals surface area contributed by atoms with Crippen molar-refractivity contribution in [3.8, 4) is 5.75 Å². The molecule has 1 unspecified atom stereocenters. The fraction of sp³-hybridized carbons (Fsp3) is 0.350. The first-order valence-electron chi connectivity index (χ1n) is 8.56. The fourth-order valence-corrected chi connectivity index (χ4v) is 2.94. The summed E-state index contributed by atoms with van der Waals surface area (Å²) in [5.74, 6) is 0.911. The highest BCUT2D eigenvalue weighted by Gasteiger charge is 2.29. The van der Waals surface area contributed by atoms with Gasteiger partial charge in [0, 0.05) is 12.7 Å². The van der Waals surface area contributed by atoms with Gasteiger partial charge in [-0.1, -0.05) is 44.0 Å². The van der Waals surface area contributed by atoms with Gasteiger partial charge in [0.2, 0.25) is 0 Å². The summed E-state index contributed by atoms with van der Waals surface area (Å²) >= 11 is 0. The highest BCUT2D eigenvalue weighted by Crippen LogP contribution is 2.32. The van der Waals surface area contributed by atoms with Crippen molar-refractivity contribution in [3.63, 3.8) is 0 Å². The number of hydrogen-bond donors (Lipinski definition) is 1. The van der Waals surface area contributed by atoms with Gasteiger partial charge in [0.25, 0.3) is 5.91 Å². The summed E-state index contributed by atoms with van der Waals surface area (Å²) in [6.45, 7) is 2.93. The van der Waals surface area contributed by atoms with Crippen LogP contribution in [0, 0.1) is 0 Å². The van der Waals surface area contributed by atoms with Crippen molar-refractivity contribution in [1.29, 1.82) is 0 Å². The lowest BCUT2D eigenvalue weighted by atomic mass is 10.0. The van der Waals surface area contributed by atoms with Crippen molar-refractivity contribution >= 4 is 11.6 Å². The molecular weight excluding hydrogens is 300 g/mol. The Balaban J connectivity index is 1.71. The largest absolute Gasteiger partial charge is 0.494 e. The van der Waals surface area contributed by atoms with Crippen LogP contribution in [0.1, 0.15) is 48.3 Å². The fourth-order valence-electron chi connectivity index (χ4n) is 2.94. The third-order valence-electron chi connectivity index (χ3n) is 4.37. The van der Waals surface area contributed by atoms with Crippen LogP contribution in [-0.2, 0) is 0 Å². The quantitative estimate of drug-likeness (QED) is 0.798. The second-order valence-electron chi connectivity index (χ2n) is 6.13. The number of ether oxygens (including phenoxy) is 1. The number of nitrogens with one attached hydrogen (secondary N) is 1. The van der Waals surface area contributed by atoms with Crippen LogP contribution < -0.4 is 10.1 Å². The summed E-state index contributed by atoms with van der Waals surface area (Å²) in [6.07, 6.45) is 3.30. The average molecular weight is 324 g/mol. The van der Waals surface area contributed by atoms with Gasteiger partial charge >= 0.3 is 0 Å². The van der Waals surface area contributed by atoms with E-state index in [0.29, 0.717) is 5.56 Å². The lowest BCUT2D eigenvalue weighted by molar-refractivity contribution is 0.0735. The molecule has 0 saturated carbocycles. The van der Waals surface area contributed by atoms with E-state index in [1.165, 1.54) is 12.8 Å². The van der Waals surface area contributed by atoms with Crippen LogP contribution in [0.15, 0.2) is 48.5 Å². The Morgan fingerprint density at radius 1 is 1.08 bits per heavy atom. The number of hydrogen-bond acceptors (Lipinski definition) is 3. The molecule has 0 radical (unpaired) electrons. The van der Waals surface area contributed by atoms with Crippen LogP contribution in [0.4, 0.5) is 5.69 Å². The Labute approximate surface area is 143 Å². The van der Waals surface area contributed by atoms with Gasteiger partial charge in [0.05, 0.1) is 12.2 Å². The number of benzene rings is 2. The molecule has 2 aromatic rings. The van der Waals surface area contributed by atoms with Crippen LogP contribution in [-0.4, -0.2) is 24.5 Å². The minimum atomic E-state index is -0.165. The first-order valence-corrected chi connectivity index (χ1v) is 8.56. The highest BCUT2D eigenvalue weighted by molar-refractivity contribution is 6.01. The van der Waals surface area contributed by atoms with Gasteiger partial charge in [-0.15, -0.1) is 0 Å². The molecule has 126 valence electrons. The molecule has 1 atom stereocenters. The number of rotatable bonds is 6. The van der Waals surface area contributed by atoms with E-state index in [0.717, 1.165) is 30.0 Å². The third kappa shape index (κ3) is 3.37. The molecule has 4 nitrogen and oxygen atoms in total. The summed E-state index contributed by atoms with van der Waals surface area (Å²) in [5.41, 5.74) is 2.64. The standard InChI is InChI=1S/C20H24N2O2/c1-3-4-7-14-24-16-12-10-15(11-13-16)19-21-18-9-6-5-8-17(18)20(23)22(19)2/h5-6,8-13,19,21H,3-4,7,14H2,1-2H3. The van der Waals surface area contributed by atoms with Gasteiger partial charge in [0.1, 0.15) is 11.9 Å². The Bertz CT molecular complexity index is 697. The first kappa shape index (κ1) is 16.4. The molecular formula is C20H24N2O2. The van der Waals surface area contributed by atoms with Crippen molar-refractivity contribution in [2.45, 2.75) is 32.4 Å². The number of para-hydroxylation sites is 1. The number of anilines is 1. The Morgan fingerprint density at radius 3 is 2.58 bits per heavy atom. The molecule has 0 spiro atoms. The molecule has 0 aliphatic carbocycles. The van der Waals surface area contributed by atoms with Gasteiger partial charge in [0.15, 0.2) is 0 Å². The normalized spacial score (nSPS) is 16.5. The molecule has 4 heteroatoms. The Kier molecular flexibility index (Phi) is 5.04. The van der Waals surface area contributed by atoms with Crippen LogP contribution in [0.2, 0.25) is 0 Å². The van der Waals surface area contributed by atoms with Crippen molar-refractivity contribution in [1.82, 2.24) is 4.90 Å². The second-order valence-corrected chi connectivity index (χ2v) is 6.13. The van der Waals surface area contributed by atoms with Gasteiger partial charge < -0.3 is 15.0 Å².